The molecule has 0 aromatic carbocycles. The van der Waals surface area contributed by atoms with Crippen molar-refractivity contribution in [3.63, 3.8) is 0 Å². The molecule has 0 aliphatic carbocycles. The number of hydrogen-bond donors (Lipinski definition) is 2. The Hall–Kier alpha value is -0.570. The van der Waals surface area contributed by atoms with E-state index in [-0.39, 0.29) is 11.9 Å². The maximum atomic E-state index is 11.5. The average Bonchev–Trinajstić information content (AvgIpc) is 2.13. The van der Waals surface area contributed by atoms with Crippen molar-refractivity contribution in [1.29, 1.82) is 0 Å². The Morgan fingerprint density at radius 2 is 1.80 bits per heavy atom. The van der Waals surface area contributed by atoms with Crippen molar-refractivity contribution in [1.82, 2.24) is 5.32 Å². The highest BCUT2D eigenvalue weighted by Gasteiger charge is 2.12. The second-order valence-electron chi connectivity index (χ2n) is 5.06. The highest BCUT2D eigenvalue weighted by Crippen LogP contribution is 2.06. The first kappa shape index (κ1) is 14.4. The fourth-order valence-corrected chi connectivity index (χ4v) is 1.50. The molecule has 0 fully saturated rings. The Morgan fingerprint density at radius 1 is 1.20 bits per heavy atom. The Morgan fingerprint density at radius 3 is 2.20 bits per heavy atom. The molecule has 0 aromatic heterocycles. The van der Waals surface area contributed by atoms with Gasteiger partial charge in [-0.05, 0) is 24.7 Å². The minimum Gasteiger partial charge on any atom is -0.352 e. The van der Waals surface area contributed by atoms with Crippen LogP contribution in [0.15, 0.2) is 0 Å². The van der Waals surface area contributed by atoms with Crippen LogP contribution in [0, 0.1) is 11.8 Å². The van der Waals surface area contributed by atoms with E-state index in [1.807, 2.05) is 0 Å². The summed E-state index contributed by atoms with van der Waals surface area (Å²) in [6.45, 7) is 9.07. The number of rotatable bonds is 7. The van der Waals surface area contributed by atoms with Crippen LogP contribution < -0.4 is 11.1 Å². The number of nitrogens with two attached hydrogens (primary N) is 1. The van der Waals surface area contributed by atoms with E-state index >= 15 is 0 Å². The van der Waals surface area contributed by atoms with E-state index in [9.17, 15) is 4.79 Å². The largest absolute Gasteiger partial charge is 0.352 e. The maximum Gasteiger partial charge on any atom is 0.220 e. The second-order valence-corrected chi connectivity index (χ2v) is 5.06. The predicted octanol–water partition coefficient (Wildman–Crippen LogP) is 1.91. The van der Waals surface area contributed by atoms with E-state index in [2.05, 4.69) is 33.0 Å². The molecule has 0 radical (unpaired) electrons. The van der Waals surface area contributed by atoms with E-state index < -0.39 is 0 Å². The van der Waals surface area contributed by atoms with Crippen molar-refractivity contribution in [3.8, 4) is 0 Å². The molecule has 3 nitrogen and oxygen atoms in total. The van der Waals surface area contributed by atoms with E-state index in [0.29, 0.717) is 24.8 Å². The van der Waals surface area contributed by atoms with E-state index in [0.717, 1.165) is 12.8 Å². The lowest BCUT2D eigenvalue weighted by atomic mass is 10.0. The second kappa shape index (κ2) is 7.69. The Kier molecular flexibility index (Phi) is 7.39. The van der Waals surface area contributed by atoms with Gasteiger partial charge in [0.15, 0.2) is 0 Å². The van der Waals surface area contributed by atoms with Gasteiger partial charge in [-0.1, -0.05) is 27.7 Å². The number of carbonyl (C=O) groups is 1. The lowest BCUT2D eigenvalue weighted by Crippen LogP contribution is -2.41. The van der Waals surface area contributed by atoms with E-state index in [1.165, 1.54) is 0 Å². The molecule has 0 spiro atoms. The summed E-state index contributed by atoms with van der Waals surface area (Å²) in [4.78, 5) is 11.5. The van der Waals surface area contributed by atoms with Crippen LogP contribution in [0.3, 0.4) is 0 Å². The fraction of sp³-hybridized carbons (Fsp3) is 0.917. The molecule has 0 rings (SSSR count). The highest BCUT2D eigenvalue weighted by molar-refractivity contribution is 5.76. The average molecular weight is 214 g/mol. The molecule has 0 bridgehead atoms. The summed E-state index contributed by atoms with van der Waals surface area (Å²) in [6, 6.07) is 0.143. The number of amides is 1. The Balaban J connectivity index is 3.80. The van der Waals surface area contributed by atoms with Gasteiger partial charge in [-0.3, -0.25) is 4.79 Å². The molecule has 3 N–H and O–H groups in total. The van der Waals surface area contributed by atoms with Crippen LogP contribution in [-0.4, -0.2) is 18.5 Å². The van der Waals surface area contributed by atoms with Gasteiger partial charge in [0.2, 0.25) is 5.91 Å². The zero-order chi connectivity index (χ0) is 11.8. The minimum atomic E-state index is 0.139. The molecule has 1 amide bonds. The SMILES string of the molecule is CC(C)CCC(=O)NC(CN)CC(C)C. The van der Waals surface area contributed by atoms with Gasteiger partial charge < -0.3 is 11.1 Å². The molecule has 0 saturated heterocycles. The molecule has 15 heavy (non-hydrogen) atoms. The summed E-state index contributed by atoms with van der Waals surface area (Å²) in [7, 11) is 0. The van der Waals surface area contributed by atoms with Crippen molar-refractivity contribution in [2.75, 3.05) is 6.54 Å². The van der Waals surface area contributed by atoms with Crippen LogP contribution in [0.5, 0.6) is 0 Å². The van der Waals surface area contributed by atoms with Crippen molar-refractivity contribution in [2.45, 2.75) is 53.0 Å². The van der Waals surface area contributed by atoms with Crippen LogP contribution in [0.2, 0.25) is 0 Å². The van der Waals surface area contributed by atoms with Gasteiger partial charge in [0.1, 0.15) is 0 Å². The van der Waals surface area contributed by atoms with Crippen molar-refractivity contribution in [3.05, 3.63) is 0 Å². The van der Waals surface area contributed by atoms with Gasteiger partial charge >= 0.3 is 0 Å². The highest BCUT2D eigenvalue weighted by atomic mass is 16.1. The van der Waals surface area contributed by atoms with Crippen LogP contribution in [0.25, 0.3) is 0 Å². The van der Waals surface area contributed by atoms with Crippen molar-refractivity contribution >= 4 is 5.91 Å². The summed E-state index contributed by atoms with van der Waals surface area (Å²) in [5.74, 6) is 1.29. The minimum absolute atomic E-state index is 0.139. The molecule has 1 atom stereocenters. The summed E-state index contributed by atoms with van der Waals surface area (Å²) in [5.41, 5.74) is 5.61. The lowest BCUT2D eigenvalue weighted by molar-refractivity contribution is -0.122. The van der Waals surface area contributed by atoms with Crippen molar-refractivity contribution < 1.29 is 4.79 Å². The smallest absolute Gasteiger partial charge is 0.220 e. The molecule has 0 aromatic rings. The standard InChI is InChI=1S/C12H26N2O/c1-9(2)5-6-12(15)14-11(8-13)7-10(3)4/h9-11H,5-8,13H2,1-4H3,(H,14,15). The zero-order valence-electron chi connectivity index (χ0n) is 10.5. The number of hydrogen-bond acceptors (Lipinski definition) is 2. The normalized spacial score (nSPS) is 13.3. The van der Waals surface area contributed by atoms with Gasteiger partial charge in [-0.25, -0.2) is 0 Å². The molecule has 1 unspecified atom stereocenters. The van der Waals surface area contributed by atoms with Gasteiger partial charge in [0.25, 0.3) is 0 Å². The number of carbonyl (C=O) groups excluding carboxylic acids is 1. The predicted molar refractivity (Wildman–Crippen MR) is 64.5 cm³/mol. The summed E-state index contributed by atoms with van der Waals surface area (Å²) >= 11 is 0. The molecular weight excluding hydrogens is 188 g/mol. The fourth-order valence-electron chi connectivity index (χ4n) is 1.50. The van der Waals surface area contributed by atoms with Gasteiger partial charge in [-0.15, -0.1) is 0 Å². The first-order chi connectivity index (χ1) is 6.95. The molecule has 0 heterocycles. The zero-order valence-corrected chi connectivity index (χ0v) is 10.5. The van der Waals surface area contributed by atoms with Crippen LogP contribution in [0.1, 0.15) is 47.0 Å². The molecule has 0 aliphatic heterocycles. The third kappa shape index (κ3) is 8.43. The number of nitrogens with one attached hydrogen (secondary N) is 1. The quantitative estimate of drug-likeness (QED) is 0.680. The molecule has 0 aliphatic rings. The van der Waals surface area contributed by atoms with Crippen molar-refractivity contribution in [2.24, 2.45) is 17.6 Å². The monoisotopic (exact) mass is 214 g/mol. The maximum absolute atomic E-state index is 11.5. The van der Waals surface area contributed by atoms with Gasteiger partial charge in [-0.2, -0.15) is 0 Å². The third-order valence-corrected chi connectivity index (χ3v) is 2.35. The summed E-state index contributed by atoms with van der Waals surface area (Å²) < 4.78 is 0. The lowest BCUT2D eigenvalue weighted by Gasteiger charge is -2.19. The van der Waals surface area contributed by atoms with E-state index in [4.69, 9.17) is 5.73 Å². The van der Waals surface area contributed by atoms with Crippen LogP contribution in [0.4, 0.5) is 0 Å². The molecule has 0 saturated carbocycles. The Labute approximate surface area is 93.8 Å². The Bertz CT molecular complexity index is 178. The topological polar surface area (TPSA) is 55.1 Å². The molecular formula is C12H26N2O. The molecule has 90 valence electrons. The van der Waals surface area contributed by atoms with E-state index in [1.54, 1.807) is 0 Å². The van der Waals surface area contributed by atoms with Crippen LogP contribution in [-0.2, 0) is 4.79 Å². The van der Waals surface area contributed by atoms with Gasteiger partial charge in [0, 0.05) is 19.0 Å². The summed E-state index contributed by atoms with van der Waals surface area (Å²) in [5, 5.41) is 2.99. The first-order valence-electron chi connectivity index (χ1n) is 5.95. The summed E-state index contributed by atoms with van der Waals surface area (Å²) in [6.07, 6.45) is 2.53. The molecule has 3 heteroatoms. The third-order valence-electron chi connectivity index (χ3n) is 2.35. The van der Waals surface area contributed by atoms with Crippen LogP contribution >= 0.6 is 0 Å². The van der Waals surface area contributed by atoms with Gasteiger partial charge in [0.05, 0.1) is 0 Å². The first-order valence-corrected chi connectivity index (χ1v) is 5.95.